The summed E-state index contributed by atoms with van der Waals surface area (Å²) < 4.78 is 37.9. The van der Waals surface area contributed by atoms with Gasteiger partial charge in [-0.2, -0.15) is 4.31 Å². The third kappa shape index (κ3) is 3.10. The van der Waals surface area contributed by atoms with E-state index in [1.54, 1.807) is 4.90 Å². The number of ether oxygens (including phenoxy) is 2. The molecular formula is C16H23N3O5S. The van der Waals surface area contributed by atoms with Crippen LogP contribution in [-0.4, -0.2) is 73.7 Å². The number of likely N-dealkylation sites (tertiary alicyclic amines) is 1. The highest BCUT2D eigenvalue weighted by Crippen LogP contribution is 2.32. The number of aromatic nitrogens is 1. The Hall–Kier alpha value is -1.42. The molecule has 0 aromatic carbocycles. The first-order valence-electron chi connectivity index (χ1n) is 8.76. The molecule has 0 atom stereocenters. The summed E-state index contributed by atoms with van der Waals surface area (Å²) in [7, 11) is -3.51. The lowest BCUT2D eigenvalue weighted by molar-refractivity contribution is -0.181. The van der Waals surface area contributed by atoms with Gasteiger partial charge in [0.25, 0.3) is 5.91 Å². The molecular weight excluding hydrogens is 346 g/mol. The summed E-state index contributed by atoms with van der Waals surface area (Å²) in [5, 5.41) is 0. The summed E-state index contributed by atoms with van der Waals surface area (Å²) in [6, 6.07) is 1.45. The fourth-order valence-corrected chi connectivity index (χ4v) is 5.24. The molecule has 1 aromatic rings. The number of carbonyl (C=O) groups is 1. The van der Waals surface area contributed by atoms with Crippen molar-refractivity contribution < 1.29 is 22.7 Å². The van der Waals surface area contributed by atoms with Crippen molar-refractivity contribution in [2.24, 2.45) is 0 Å². The zero-order valence-electron chi connectivity index (χ0n) is 14.1. The smallest absolute Gasteiger partial charge is 0.270 e. The number of nitrogens with zero attached hydrogens (tertiary/aromatic N) is 2. The van der Waals surface area contributed by atoms with Crippen LogP contribution in [0.2, 0.25) is 0 Å². The van der Waals surface area contributed by atoms with E-state index in [1.807, 2.05) is 0 Å². The molecule has 0 aliphatic carbocycles. The molecule has 1 N–H and O–H groups in total. The van der Waals surface area contributed by atoms with Gasteiger partial charge in [-0.25, -0.2) is 8.42 Å². The number of sulfonamides is 1. The Bertz CT molecular complexity index is 738. The number of nitrogens with one attached hydrogen (secondary N) is 1. The van der Waals surface area contributed by atoms with E-state index in [4.69, 9.17) is 9.47 Å². The van der Waals surface area contributed by atoms with E-state index in [9.17, 15) is 13.2 Å². The van der Waals surface area contributed by atoms with E-state index in [2.05, 4.69) is 4.98 Å². The molecule has 0 saturated carbocycles. The monoisotopic (exact) mass is 369 g/mol. The van der Waals surface area contributed by atoms with E-state index >= 15 is 0 Å². The maximum atomic E-state index is 12.7. The summed E-state index contributed by atoms with van der Waals surface area (Å²) in [6.45, 7) is 3.36. The zero-order valence-corrected chi connectivity index (χ0v) is 14.9. The molecule has 138 valence electrons. The van der Waals surface area contributed by atoms with Crippen LogP contribution in [0.5, 0.6) is 0 Å². The van der Waals surface area contributed by atoms with Gasteiger partial charge >= 0.3 is 0 Å². The highest BCUT2D eigenvalue weighted by Gasteiger charge is 2.41. The van der Waals surface area contributed by atoms with Gasteiger partial charge in [0, 0.05) is 45.2 Å². The van der Waals surface area contributed by atoms with Gasteiger partial charge in [0.2, 0.25) is 10.0 Å². The van der Waals surface area contributed by atoms with Crippen LogP contribution in [0, 0.1) is 0 Å². The molecule has 3 fully saturated rings. The molecule has 8 nitrogen and oxygen atoms in total. The average molecular weight is 369 g/mol. The Morgan fingerprint density at radius 2 is 1.72 bits per heavy atom. The summed E-state index contributed by atoms with van der Waals surface area (Å²) in [6.07, 6.45) is 4.45. The number of aromatic amines is 1. The molecule has 3 aliphatic rings. The molecule has 4 rings (SSSR count). The first-order valence-corrected chi connectivity index (χ1v) is 10.2. The number of H-pyrrole nitrogens is 1. The molecule has 9 heteroatoms. The van der Waals surface area contributed by atoms with Gasteiger partial charge in [-0.15, -0.1) is 0 Å². The Kier molecular flexibility index (Phi) is 4.35. The molecule has 0 unspecified atom stereocenters. The molecule has 0 radical (unpaired) electrons. The fourth-order valence-electron chi connectivity index (χ4n) is 3.73. The molecule has 0 bridgehead atoms. The highest BCUT2D eigenvalue weighted by molar-refractivity contribution is 7.89. The first kappa shape index (κ1) is 17.0. The van der Waals surface area contributed by atoms with Crippen LogP contribution in [0.3, 0.4) is 0 Å². The van der Waals surface area contributed by atoms with Crippen LogP contribution < -0.4 is 0 Å². The van der Waals surface area contributed by atoms with Gasteiger partial charge < -0.3 is 19.4 Å². The minimum absolute atomic E-state index is 0.161. The van der Waals surface area contributed by atoms with Crippen molar-refractivity contribution in [1.29, 1.82) is 0 Å². The van der Waals surface area contributed by atoms with E-state index in [1.165, 1.54) is 16.6 Å². The Labute approximate surface area is 147 Å². The van der Waals surface area contributed by atoms with E-state index in [0.717, 1.165) is 12.8 Å². The van der Waals surface area contributed by atoms with E-state index < -0.39 is 15.8 Å². The lowest BCUT2D eigenvalue weighted by atomic mass is 10.0. The Balaban J connectivity index is 1.44. The number of hydrogen-bond acceptors (Lipinski definition) is 5. The van der Waals surface area contributed by atoms with Gasteiger partial charge in [0.15, 0.2) is 5.79 Å². The lowest BCUT2D eigenvalue weighted by Gasteiger charge is -2.37. The molecule has 25 heavy (non-hydrogen) atoms. The van der Waals surface area contributed by atoms with Crippen molar-refractivity contribution in [1.82, 2.24) is 14.2 Å². The summed E-state index contributed by atoms with van der Waals surface area (Å²) in [5.74, 6) is -0.716. The Morgan fingerprint density at radius 1 is 1.08 bits per heavy atom. The van der Waals surface area contributed by atoms with Crippen LogP contribution in [-0.2, 0) is 19.5 Å². The second-order valence-corrected chi connectivity index (χ2v) is 8.70. The van der Waals surface area contributed by atoms with Crippen molar-refractivity contribution in [3.05, 3.63) is 18.0 Å². The topological polar surface area (TPSA) is 91.9 Å². The third-order valence-electron chi connectivity index (χ3n) is 5.22. The van der Waals surface area contributed by atoms with Crippen molar-refractivity contribution >= 4 is 15.9 Å². The predicted octanol–water partition coefficient (Wildman–Crippen LogP) is 0.778. The molecule has 3 aliphatic heterocycles. The van der Waals surface area contributed by atoms with Crippen molar-refractivity contribution in [3.8, 4) is 0 Å². The molecule has 1 aromatic heterocycles. The minimum Gasteiger partial charge on any atom is -0.356 e. The standard InChI is InChI=1S/C16H23N3O5S/c20-15(18-7-3-16(4-8-18)23-9-10-24-16)14-11-13(12-17-14)25(21,22)19-5-1-2-6-19/h11-12,17H,1-10H2. The highest BCUT2D eigenvalue weighted by atomic mass is 32.2. The zero-order chi connectivity index (χ0) is 17.5. The third-order valence-corrected chi connectivity index (χ3v) is 7.09. The largest absolute Gasteiger partial charge is 0.356 e. The number of rotatable bonds is 3. The van der Waals surface area contributed by atoms with Gasteiger partial charge in [0.1, 0.15) is 10.6 Å². The molecule has 4 heterocycles. The fraction of sp³-hybridized carbons (Fsp3) is 0.688. The van der Waals surface area contributed by atoms with Gasteiger partial charge in [-0.1, -0.05) is 0 Å². The second-order valence-electron chi connectivity index (χ2n) is 6.76. The van der Waals surface area contributed by atoms with Crippen LogP contribution >= 0.6 is 0 Å². The molecule has 1 spiro atoms. The predicted molar refractivity (Wildman–Crippen MR) is 88.6 cm³/mol. The molecule has 3 saturated heterocycles. The van der Waals surface area contributed by atoms with Gasteiger partial charge in [-0.05, 0) is 18.9 Å². The average Bonchev–Trinajstić information content (AvgIpc) is 3.37. The SMILES string of the molecule is O=C(c1cc(S(=O)(=O)N2CCCC2)c[nH]1)N1CCC2(CC1)OCCO2. The summed E-state index contributed by atoms with van der Waals surface area (Å²) in [4.78, 5) is 17.4. The minimum atomic E-state index is -3.51. The number of carbonyl (C=O) groups excluding carboxylic acids is 1. The second kappa shape index (κ2) is 6.39. The maximum absolute atomic E-state index is 12.7. The number of piperidine rings is 1. The Morgan fingerprint density at radius 3 is 2.36 bits per heavy atom. The first-order chi connectivity index (χ1) is 12.0. The molecule has 1 amide bonds. The van der Waals surface area contributed by atoms with Crippen molar-refractivity contribution in [2.75, 3.05) is 39.4 Å². The van der Waals surface area contributed by atoms with Crippen LogP contribution in [0.1, 0.15) is 36.2 Å². The quantitative estimate of drug-likeness (QED) is 0.850. The number of hydrogen-bond donors (Lipinski definition) is 1. The maximum Gasteiger partial charge on any atom is 0.270 e. The van der Waals surface area contributed by atoms with Crippen LogP contribution in [0.15, 0.2) is 17.2 Å². The van der Waals surface area contributed by atoms with Crippen LogP contribution in [0.25, 0.3) is 0 Å². The van der Waals surface area contributed by atoms with Gasteiger partial charge in [0.05, 0.1) is 13.2 Å². The summed E-state index contributed by atoms with van der Waals surface area (Å²) in [5.41, 5.74) is 0.307. The van der Waals surface area contributed by atoms with Gasteiger partial charge in [-0.3, -0.25) is 4.79 Å². The summed E-state index contributed by atoms with van der Waals surface area (Å²) >= 11 is 0. The van der Waals surface area contributed by atoms with Crippen molar-refractivity contribution in [2.45, 2.75) is 36.4 Å². The van der Waals surface area contributed by atoms with Crippen LogP contribution in [0.4, 0.5) is 0 Å². The normalized spacial score (nSPS) is 24.2. The number of amides is 1. The van der Waals surface area contributed by atoms with E-state index in [0.29, 0.717) is 57.9 Å². The van der Waals surface area contributed by atoms with Crippen molar-refractivity contribution in [3.63, 3.8) is 0 Å². The lowest BCUT2D eigenvalue weighted by Crippen LogP contribution is -2.47. The van der Waals surface area contributed by atoms with E-state index in [-0.39, 0.29) is 10.8 Å².